The van der Waals surface area contributed by atoms with Crippen molar-refractivity contribution in [3.8, 4) is 0 Å². The normalized spacial score (nSPS) is 12.1. The molecule has 0 aliphatic heterocycles. The second kappa shape index (κ2) is 6.92. The fraction of sp³-hybridized carbons (Fsp3) is 0.250. The molecule has 3 nitrogen and oxygen atoms in total. The van der Waals surface area contributed by atoms with E-state index < -0.39 is 0 Å². The van der Waals surface area contributed by atoms with Gasteiger partial charge < -0.3 is 14.4 Å². The lowest BCUT2D eigenvalue weighted by Gasteiger charge is -2.30. The molecule has 0 N–H and O–H groups in total. The zero-order valence-electron chi connectivity index (χ0n) is 11.3. The van der Waals surface area contributed by atoms with Crippen LogP contribution in [0, 0.1) is 0 Å². The van der Waals surface area contributed by atoms with Crippen LogP contribution in [0.3, 0.4) is 0 Å². The highest BCUT2D eigenvalue weighted by atomic mass is 16.7. The molecule has 100 valence electrons. The van der Waals surface area contributed by atoms with Crippen LogP contribution in [-0.4, -0.2) is 21.0 Å². The van der Waals surface area contributed by atoms with E-state index in [1.54, 1.807) is 7.11 Å². The van der Waals surface area contributed by atoms with Gasteiger partial charge in [0, 0.05) is 25.4 Å². The standard InChI is InChI=1S/C16H19NO2/c1-17(15-11-7-4-8-12-15)16(19-13-18-2)14-9-5-3-6-10-14/h3-12,16H,13H2,1-2H3. The van der Waals surface area contributed by atoms with Crippen molar-refractivity contribution in [1.29, 1.82) is 0 Å². The molecule has 0 aliphatic rings. The third-order valence-electron chi connectivity index (χ3n) is 2.94. The average molecular weight is 257 g/mol. The van der Waals surface area contributed by atoms with Gasteiger partial charge in [-0.25, -0.2) is 0 Å². The topological polar surface area (TPSA) is 21.7 Å². The number of hydrogen-bond acceptors (Lipinski definition) is 3. The number of rotatable bonds is 6. The number of ether oxygens (including phenoxy) is 2. The van der Waals surface area contributed by atoms with E-state index >= 15 is 0 Å². The number of para-hydroxylation sites is 1. The van der Waals surface area contributed by atoms with Crippen molar-refractivity contribution in [1.82, 2.24) is 0 Å². The second-order valence-corrected chi connectivity index (χ2v) is 4.28. The summed E-state index contributed by atoms with van der Waals surface area (Å²) in [4.78, 5) is 2.09. The Morgan fingerprint density at radius 2 is 1.53 bits per heavy atom. The number of benzene rings is 2. The first-order valence-electron chi connectivity index (χ1n) is 6.26. The Morgan fingerprint density at radius 1 is 0.947 bits per heavy atom. The summed E-state index contributed by atoms with van der Waals surface area (Å²) in [7, 11) is 3.65. The Bertz CT molecular complexity index is 473. The van der Waals surface area contributed by atoms with E-state index in [0.717, 1.165) is 11.3 Å². The van der Waals surface area contributed by atoms with Crippen molar-refractivity contribution in [3.63, 3.8) is 0 Å². The smallest absolute Gasteiger partial charge is 0.159 e. The van der Waals surface area contributed by atoms with Crippen LogP contribution < -0.4 is 4.90 Å². The van der Waals surface area contributed by atoms with Crippen LogP contribution in [0.1, 0.15) is 11.8 Å². The van der Waals surface area contributed by atoms with Gasteiger partial charge in [-0.05, 0) is 12.1 Å². The van der Waals surface area contributed by atoms with Gasteiger partial charge >= 0.3 is 0 Å². The first-order chi connectivity index (χ1) is 9.33. The summed E-state index contributed by atoms with van der Waals surface area (Å²) < 4.78 is 10.8. The summed E-state index contributed by atoms with van der Waals surface area (Å²) in [6, 6.07) is 20.3. The lowest BCUT2D eigenvalue weighted by atomic mass is 10.1. The molecule has 19 heavy (non-hydrogen) atoms. The van der Waals surface area contributed by atoms with E-state index in [-0.39, 0.29) is 13.0 Å². The fourth-order valence-electron chi connectivity index (χ4n) is 1.98. The third kappa shape index (κ3) is 3.56. The van der Waals surface area contributed by atoms with Gasteiger partial charge in [0.1, 0.15) is 6.79 Å². The Balaban J connectivity index is 2.22. The van der Waals surface area contributed by atoms with E-state index in [4.69, 9.17) is 9.47 Å². The van der Waals surface area contributed by atoms with Crippen LogP contribution in [0.5, 0.6) is 0 Å². The second-order valence-electron chi connectivity index (χ2n) is 4.28. The first-order valence-corrected chi connectivity index (χ1v) is 6.26. The van der Waals surface area contributed by atoms with Crippen LogP contribution >= 0.6 is 0 Å². The van der Waals surface area contributed by atoms with Crippen molar-refractivity contribution >= 4 is 5.69 Å². The number of hydrogen-bond donors (Lipinski definition) is 0. The van der Waals surface area contributed by atoms with Gasteiger partial charge in [0.2, 0.25) is 0 Å². The molecule has 0 saturated heterocycles. The molecular weight excluding hydrogens is 238 g/mol. The molecule has 0 fully saturated rings. The largest absolute Gasteiger partial charge is 0.359 e. The van der Waals surface area contributed by atoms with Gasteiger partial charge in [-0.1, -0.05) is 48.5 Å². The highest BCUT2D eigenvalue weighted by Gasteiger charge is 2.17. The molecule has 2 aromatic carbocycles. The van der Waals surface area contributed by atoms with E-state index in [1.807, 2.05) is 43.4 Å². The number of nitrogens with zero attached hydrogens (tertiary/aromatic N) is 1. The molecule has 0 heterocycles. The molecule has 0 saturated carbocycles. The molecule has 2 aromatic rings. The first kappa shape index (κ1) is 13.6. The Hall–Kier alpha value is -1.84. The van der Waals surface area contributed by atoms with Crippen molar-refractivity contribution in [2.45, 2.75) is 6.23 Å². The van der Waals surface area contributed by atoms with Gasteiger partial charge in [-0.15, -0.1) is 0 Å². The molecule has 0 aromatic heterocycles. The maximum absolute atomic E-state index is 5.80. The van der Waals surface area contributed by atoms with Gasteiger partial charge in [0.15, 0.2) is 6.23 Å². The van der Waals surface area contributed by atoms with Gasteiger partial charge in [0.25, 0.3) is 0 Å². The van der Waals surface area contributed by atoms with Crippen molar-refractivity contribution in [2.75, 3.05) is 25.9 Å². The number of anilines is 1. The summed E-state index contributed by atoms with van der Waals surface area (Å²) in [5, 5.41) is 0. The SMILES string of the molecule is COCOC(c1ccccc1)N(C)c1ccccc1. The molecular formula is C16H19NO2. The number of methoxy groups -OCH3 is 1. The summed E-state index contributed by atoms with van der Waals surface area (Å²) in [5.74, 6) is 0. The summed E-state index contributed by atoms with van der Waals surface area (Å²) >= 11 is 0. The maximum atomic E-state index is 5.80. The van der Waals surface area contributed by atoms with Crippen LogP contribution in [0.2, 0.25) is 0 Å². The van der Waals surface area contributed by atoms with Crippen LogP contribution in [0.25, 0.3) is 0 Å². The highest BCUT2D eigenvalue weighted by molar-refractivity contribution is 5.47. The third-order valence-corrected chi connectivity index (χ3v) is 2.94. The van der Waals surface area contributed by atoms with Crippen molar-refractivity contribution in [3.05, 3.63) is 66.2 Å². The maximum Gasteiger partial charge on any atom is 0.159 e. The van der Waals surface area contributed by atoms with Crippen molar-refractivity contribution in [2.24, 2.45) is 0 Å². The molecule has 0 radical (unpaired) electrons. The summed E-state index contributed by atoms with van der Waals surface area (Å²) in [6.07, 6.45) is -0.163. The van der Waals surface area contributed by atoms with Crippen LogP contribution in [-0.2, 0) is 9.47 Å². The minimum Gasteiger partial charge on any atom is -0.359 e. The Labute approximate surface area is 114 Å². The molecule has 3 heteroatoms. The zero-order valence-corrected chi connectivity index (χ0v) is 11.3. The van der Waals surface area contributed by atoms with E-state index in [1.165, 1.54) is 0 Å². The molecule has 2 rings (SSSR count). The molecule has 0 aliphatic carbocycles. The van der Waals surface area contributed by atoms with E-state index in [0.29, 0.717) is 0 Å². The summed E-state index contributed by atoms with van der Waals surface area (Å²) in [6.45, 7) is 0.261. The zero-order chi connectivity index (χ0) is 13.5. The fourth-order valence-corrected chi connectivity index (χ4v) is 1.98. The van der Waals surface area contributed by atoms with E-state index in [2.05, 4.69) is 29.2 Å². The lowest BCUT2D eigenvalue weighted by molar-refractivity contribution is -0.0724. The molecule has 1 unspecified atom stereocenters. The molecule has 0 spiro atoms. The van der Waals surface area contributed by atoms with Gasteiger partial charge in [-0.3, -0.25) is 0 Å². The predicted octanol–water partition coefficient (Wildman–Crippen LogP) is 3.44. The Morgan fingerprint density at radius 3 is 2.11 bits per heavy atom. The van der Waals surface area contributed by atoms with E-state index in [9.17, 15) is 0 Å². The summed E-state index contributed by atoms with van der Waals surface area (Å²) in [5.41, 5.74) is 2.21. The predicted molar refractivity (Wildman–Crippen MR) is 77.0 cm³/mol. The minimum absolute atomic E-state index is 0.163. The van der Waals surface area contributed by atoms with Crippen molar-refractivity contribution < 1.29 is 9.47 Å². The minimum atomic E-state index is -0.163. The monoisotopic (exact) mass is 257 g/mol. The van der Waals surface area contributed by atoms with Gasteiger partial charge in [0.05, 0.1) is 0 Å². The molecule has 0 amide bonds. The van der Waals surface area contributed by atoms with Crippen LogP contribution in [0.4, 0.5) is 5.69 Å². The highest BCUT2D eigenvalue weighted by Crippen LogP contribution is 2.26. The van der Waals surface area contributed by atoms with Gasteiger partial charge in [-0.2, -0.15) is 0 Å². The Kier molecular flexibility index (Phi) is 4.95. The quantitative estimate of drug-likeness (QED) is 0.740. The molecule has 0 bridgehead atoms. The lowest BCUT2D eigenvalue weighted by Crippen LogP contribution is -2.27. The van der Waals surface area contributed by atoms with Crippen LogP contribution in [0.15, 0.2) is 60.7 Å². The molecule has 1 atom stereocenters. The average Bonchev–Trinajstić information content (AvgIpc) is 2.49.